The molecule has 2 rings (SSSR count). The Kier molecular flexibility index (Phi) is 4.63. The highest BCUT2D eigenvalue weighted by Crippen LogP contribution is 2.21. The lowest BCUT2D eigenvalue weighted by Gasteiger charge is -2.22. The summed E-state index contributed by atoms with van der Waals surface area (Å²) in [6.07, 6.45) is -3.17. The Balaban J connectivity index is 2.19. The number of rotatable bonds is 5. The molecule has 0 bridgehead atoms. The number of amides is 1. The molecule has 0 aliphatic heterocycles. The average molecular weight is 319 g/mol. The molecule has 0 aromatic carbocycles. The number of hydrogen-bond acceptors (Lipinski definition) is 5. The van der Waals surface area contributed by atoms with Gasteiger partial charge in [0.05, 0.1) is 12.8 Å². The Labute approximate surface area is 122 Å². The van der Waals surface area contributed by atoms with Crippen LogP contribution >= 0.6 is 11.3 Å². The van der Waals surface area contributed by atoms with Crippen molar-refractivity contribution >= 4 is 17.2 Å². The molecule has 5 nitrogen and oxygen atoms in total. The Morgan fingerprint density at radius 2 is 2.24 bits per heavy atom. The molecule has 0 atom stereocenters. The molecule has 0 aliphatic carbocycles. The first-order valence-corrected chi connectivity index (χ1v) is 6.80. The Morgan fingerprint density at radius 1 is 1.48 bits per heavy atom. The van der Waals surface area contributed by atoms with Crippen LogP contribution in [0.2, 0.25) is 0 Å². The van der Waals surface area contributed by atoms with Gasteiger partial charge in [0.15, 0.2) is 0 Å². The predicted molar refractivity (Wildman–Crippen MR) is 69.5 cm³/mol. The van der Waals surface area contributed by atoms with Gasteiger partial charge in [-0.3, -0.25) is 4.79 Å². The molecular formula is C12H12F3N3O2S. The molecule has 9 heteroatoms. The number of halogens is 3. The van der Waals surface area contributed by atoms with Crippen LogP contribution in [-0.4, -0.2) is 28.5 Å². The maximum atomic E-state index is 12.6. The highest BCUT2D eigenvalue weighted by Gasteiger charge is 2.34. The van der Waals surface area contributed by atoms with E-state index in [2.05, 4.69) is 4.98 Å². The predicted octanol–water partition coefficient (Wildman–Crippen LogP) is 2.40. The highest BCUT2D eigenvalue weighted by atomic mass is 32.1. The van der Waals surface area contributed by atoms with E-state index in [1.165, 1.54) is 17.7 Å². The lowest BCUT2D eigenvalue weighted by Crippen LogP contribution is -2.38. The van der Waals surface area contributed by atoms with Gasteiger partial charge in [0.25, 0.3) is 5.91 Å². The van der Waals surface area contributed by atoms with Crippen LogP contribution in [0, 0.1) is 0 Å². The third-order valence-electron chi connectivity index (χ3n) is 2.53. The fourth-order valence-corrected chi connectivity index (χ4v) is 2.32. The number of carbonyl (C=O) groups excluding carboxylic acids is 1. The smallest absolute Gasteiger partial charge is 0.406 e. The molecule has 114 valence electrons. The minimum atomic E-state index is -4.50. The standard InChI is InChI=1S/C12H12F3N3O2S/c13-12(14,15)7-18(5-8-2-1-3-20-8)11(19)9-6-21-10(4-16)17-9/h1-3,6H,4-5,7,16H2. The molecule has 2 heterocycles. The van der Waals surface area contributed by atoms with Gasteiger partial charge >= 0.3 is 6.18 Å². The van der Waals surface area contributed by atoms with Crippen LogP contribution in [0.25, 0.3) is 0 Å². The van der Waals surface area contributed by atoms with Crippen molar-refractivity contribution in [2.45, 2.75) is 19.3 Å². The molecule has 2 N–H and O–H groups in total. The highest BCUT2D eigenvalue weighted by molar-refractivity contribution is 7.09. The summed E-state index contributed by atoms with van der Waals surface area (Å²) in [5, 5.41) is 1.89. The summed E-state index contributed by atoms with van der Waals surface area (Å²) in [4.78, 5) is 16.7. The second-order valence-electron chi connectivity index (χ2n) is 4.19. The fraction of sp³-hybridized carbons (Fsp3) is 0.333. The monoisotopic (exact) mass is 319 g/mol. The number of carbonyl (C=O) groups is 1. The molecule has 2 aromatic rings. The quantitative estimate of drug-likeness (QED) is 0.918. The van der Waals surface area contributed by atoms with Crippen molar-refractivity contribution in [2.75, 3.05) is 6.54 Å². The van der Waals surface area contributed by atoms with Crippen LogP contribution in [0.4, 0.5) is 13.2 Å². The van der Waals surface area contributed by atoms with E-state index in [1.807, 2.05) is 0 Å². The molecule has 21 heavy (non-hydrogen) atoms. The summed E-state index contributed by atoms with van der Waals surface area (Å²) < 4.78 is 42.9. The first kappa shape index (κ1) is 15.5. The van der Waals surface area contributed by atoms with Crippen molar-refractivity contribution in [1.29, 1.82) is 0 Å². The molecule has 2 aromatic heterocycles. The average Bonchev–Trinajstić information content (AvgIpc) is 3.06. The zero-order chi connectivity index (χ0) is 15.5. The SMILES string of the molecule is NCc1nc(C(=O)N(Cc2ccco2)CC(F)(F)F)cs1. The number of alkyl halides is 3. The van der Waals surface area contributed by atoms with Crippen LogP contribution in [0.1, 0.15) is 21.3 Å². The number of nitrogens with zero attached hydrogens (tertiary/aromatic N) is 2. The van der Waals surface area contributed by atoms with Crippen molar-refractivity contribution in [3.63, 3.8) is 0 Å². The van der Waals surface area contributed by atoms with Crippen molar-refractivity contribution in [3.8, 4) is 0 Å². The van der Waals surface area contributed by atoms with Gasteiger partial charge in [0.2, 0.25) is 0 Å². The third-order valence-corrected chi connectivity index (χ3v) is 3.40. The molecule has 0 radical (unpaired) electrons. The van der Waals surface area contributed by atoms with E-state index < -0.39 is 18.6 Å². The number of hydrogen-bond donors (Lipinski definition) is 1. The van der Waals surface area contributed by atoms with Crippen molar-refractivity contribution in [3.05, 3.63) is 40.2 Å². The second kappa shape index (κ2) is 6.27. The molecule has 0 aliphatic rings. The molecule has 1 amide bonds. The largest absolute Gasteiger partial charge is 0.467 e. The van der Waals surface area contributed by atoms with Crippen LogP contribution in [0.3, 0.4) is 0 Å². The van der Waals surface area contributed by atoms with Crippen LogP contribution < -0.4 is 5.73 Å². The van der Waals surface area contributed by atoms with Crippen LogP contribution in [0.15, 0.2) is 28.2 Å². The summed E-state index contributed by atoms with van der Waals surface area (Å²) in [6.45, 7) is -1.52. The van der Waals surface area contributed by atoms with Crippen molar-refractivity contribution in [1.82, 2.24) is 9.88 Å². The van der Waals surface area contributed by atoms with E-state index in [9.17, 15) is 18.0 Å². The molecule has 0 saturated carbocycles. The normalized spacial score (nSPS) is 11.6. The van der Waals surface area contributed by atoms with Gasteiger partial charge < -0.3 is 15.1 Å². The van der Waals surface area contributed by atoms with E-state index >= 15 is 0 Å². The van der Waals surface area contributed by atoms with Gasteiger partial charge in [-0.25, -0.2) is 4.98 Å². The first-order valence-electron chi connectivity index (χ1n) is 5.92. The molecule has 0 fully saturated rings. The van der Waals surface area contributed by atoms with Crippen LogP contribution in [-0.2, 0) is 13.1 Å². The van der Waals surface area contributed by atoms with Crippen molar-refractivity contribution in [2.24, 2.45) is 5.73 Å². The third kappa shape index (κ3) is 4.30. The number of furan rings is 1. The van der Waals surface area contributed by atoms with E-state index in [1.54, 1.807) is 6.07 Å². The topological polar surface area (TPSA) is 72.4 Å². The Hall–Kier alpha value is -1.87. The zero-order valence-electron chi connectivity index (χ0n) is 10.8. The van der Waals surface area contributed by atoms with E-state index in [0.717, 1.165) is 11.3 Å². The summed E-state index contributed by atoms with van der Waals surface area (Å²) in [5.74, 6) is -0.540. The van der Waals surface area contributed by atoms with Gasteiger partial charge in [-0.05, 0) is 12.1 Å². The minimum absolute atomic E-state index is 0.0451. The maximum Gasteiger partial charge on any atom is 0.406 e. The molecular weight excluding hydrogens is 307 g/mol. The minimum Gasteiger partial charge on any atom is -0.467 e. The summed E-state index contributed by atoms with van der Waals surface area (Å²) in [5.41, 5.74) is 5.33. The van der Waals surface area contributed by atoms with E-state index in [4.69, 9.17) is 10.2 Å². The van der Waals surface area contributed by atoms with Crippen molar-refractivity contribution < 1.29 is 22.4 Å². The lowest BCUT2D eigenvalue weighted by molar-refractivity contribution is -0.142. The number of aromatic nitrogens is 1. The van der Waals surface area contributed by atoms with Gasteiger partial charge in [-0.2, -0.15) is 13.2 Å². The second-order valence-corrected chi connectivity index (χ2v) is 5.13. The molecule has 0 saturated heterocycles. The van der Waals surface area contributed by atoms with Gasteiger partial charge in [-0.15, -0.1) is 11.3 Å². The van der Waals surface area contributed by atoms with Gasteiger partial charge in [0.1, 0.15) is 23.0 Å². The van der Waals surface area contributed by atoms with Gasteiger partial charge in [0, 0.05) is 11.9 Å². The summed E-state index contributed by atoms with van der Waals surface area (Å²) >= 11 is 1.13. The number of nitrogens with two attached hydrogens (primary N) is 1. The summed E-state index contributed by atoms with van der Waals surface area (Å²) in [6, 6.07) is 3.05. The lowest BCUT2D eigenvalue weighted by atomic mass is 10.3. The zero-order valence-corrected chi connectivity index (χ0v) is 11.6. The van der Waals surface area contributed by atoms with E-state index in [0.29, 0.717) is 9.91 Å². The Bertz CT molecular complexity index is 595. The fourth-order valence-electron chi connectivity index (χ4n) is 1.67. The molecule has 0 spiro atoms. The van der Waals surface area contributed by atoms with Crippen LogP contribution in [0.5, 0.6) is 0 Å². The summed E-state index contributed by atoms with van der Waals surface area (Å²) in [7, 11) is 0. The molecule has 0 unspecified atom stereocenters. The number of thiazole rings is 1. The first-order chi connectivity index (χ1) is 9.89. The maximum absolute atomic E-state index is 12.6. The van der Waals surface area contributed by atoms with Gasteiger partial charge in [-0.1, -0.05) is 0 Å². The van der Waals surface area contributed by atoms with E-state index in [-0.39, 0.29) is 24.5 Å². The Morgan fingerprint density at radius 3 is 2.76 bits per heavy atom.